The van der Waals surface area contributed by atoms with Gasteiger partial charge in [-0.3, -0.25) is 0 Å². The summed E-state index contributed by atoms with van der Waals surface area (Å²) in [6, 6.07) is 0. The Kier molecular flexibility index (Phi) is 3.17. The first-order valence-corrected chi connectivity index (χ1v) is 12.0. The lowest BCUT2D eigenvalue weighted by Gasteiger charge is -2.39. The van der Waals surface area contributed by atoms with E-state index in [0.717, 1.165) is 11.1 Å². The fourth-order valence-electron chi connectivity index (χ4n) is 6.12. The molecule has 0 aliphatic heterocycles. The monoisotopic (exact) mass is 316 g/mol. The molecule has 2 heteroatoms. The molecule has 4 aliphatic rings. The van der Waals surface area contributed by atoms with Crippen molar-refractivity contribution in [3.63, 3.8) is 0 Å². The molecule has 0 radical (unpaired) electrons. The van der Waals surface area contributed by atoms with Gasteiger partial charge in [-0.2, -0.15) is 11.1 Å². The number of fused-ring (bicyclic) bond motifs is 4. The van der Waals surface area contributed by atoms with Crippen LogP contribution in [0.4, 0.5) is 0 Å². The van der Waals surface area contributed by atoms with Crippen molar-refractivity contribution in [3.8, 4) is 0 Å². The molecule has 0 amide bonds. The SMILES string of the molecule is C=CC1CC2C=CC1C2[Si](C)(Cl)C1C2C=CC1C(C=C)C2. The molecular weight excluding hydrogens is 292 g/mol. The summed E-state index contributed by atoms with van der Waals surface area (Å²) in [5.74, 6) is 4.10. The van der Waals surface area contributed by atoms with E-state index < -0.39 is 7.38 Å². The Morgan fingerprint density at radius 3 is 1.67 bits per heavy atom. The first-order chi connectivity index (χ1) is 10.1. The van der Waals surface area contributed by atoms with Crippen LogP contribution >= 0.6 is 11.1 Å². The van der Waals surface area contributed by atoms with Crippen LogP contribution in [0.15, 0.2) is 49.6 Å². The van der Waals surface area contributed by atoms with Crippen LogP contribution in [0.2, 0.25) is 17.6 Å². The van der Waals surface area contributed by atoms with Crippen LogP contribution in [0.1, 0.15) is 12.8 Å². The molecule has 0 saturated heterocycles. The first-order valence-electron chi connectivity index (χ1n) is 8.38. The van der Waals surface area contributed by atoms with Crippen molar-refractivity contribution in [2.75, 3.05) is 0 Å². The zero-order valence-electron chi connectivity index (χ0n) is 12.8. The van der Waals surface area contributed by atoms with Gasteiger partial charge in [-0.05, 0) is 59.4 Å². The zero-order valence-corrected chi connectivity index (χ0v) is 14.5. The van der Waals surface area contributed by atoms with Gasteiger partial charge in [0, 0.05) is 0 Å². The molecule has 0 N–H and O–H groups in total. The molecule has 112 valence electrons. The van der Waals surface area contributed by atoms with Crippen molar-refractivity contribution in [2.45, 2.75) is 30.5 Å². The highest BCUT2D eigenvalue weighted by Gasteiger charge is 2.61. The van der Waals surface area contributed by atoms with Gasteiger partial charge in [0.05, 0.1) is 0 Å². The van der Waals surface area contributed by atoms with E-state index in [1.165, 1.54) is 12.8 Å². The van der Waals surface area contributed by atoms with Gasteiger partial charge in [0.15, 0.2) is 7.38 Å². The summed E-state index contributed by atoms with van der Waals surface area (Å²) in [5.41, 5.74) is 1.45. The van der Waals surface area contributed by atoms with E-state index in [1.807, 2.05) is 0 Å². The molecular formula is C19H25ClSi. The highest BCUT2D eigenvalue weighted by Crippen LogP contribution is 2.66. The molecule has 0 spiro atoms. The quantitative estimate of drug-likeness (QED) is 0.362. The molecule has 0 nitrogen and oxygen atoms in total. The van der Waals surface area contributed by atoms with Crippen molar-refractivity contribution < 1.29 is 0 Å². The topological polar surface area (TPSA) is 0 Å². The van der Waals surface area contributed by atoms with Gasteiger partial charge in [0.1, 0.15) is 0 Å². The summed E-state index contributed by atoms with van der Waals surface area (Å²) in [5, 5.41) is 0. The van der Waals surface area contributed by atoms with Gasteiger partial charge in [-0.1, -0.05) is 43.0 Å². The summed E-state index contributed by atoms with van der Waals surface area (Å²) in [6.45, 7) is 10.6. The van der Waals surface area contributed by atoms with Gasteiger partial charge >= 0.3 is 0 Å². The maximum absolute atomic E-state index is 7.44. The largest absolute Gasteiger partial charge is 0.167 e. The Balaban J connectivity index is 1.64. The normalized spacial score (nSPS) is 52.3. The van der Waals surface area contributed by atoms with Crippen LogP contribution in [0.25, 0.3) is 0 Å². The van der Waals surface area contributed by atoms with Crippen LogP contribution in [-0.2, 0) is 0 Å². The number of halogens is 1. The van der Waals surface area contributed by atoms with Crippen LogP contribution in [0.3, 0.4) is 0 Å². The van der Waals surface area contributed by atoms with E-state index >= 15 is 0 Å². The van der Waals surface area contributed by atoms with Gasteiger partial charge in [0.2, 0.25) is 0 Å². The van der Waals surface area contributed by atoms with Crippen LogP contribution in [0, 0.1) is 35.5 Å². The van der Waals surface area contributed by atoms with Crippen LogP contribution in [0.5, 0.6) is 0 Å². The van der Waals surface area contributed by atoms with Gasteiger partial charge in [-0.25, -0.2) is 0 Å². The molecule has 8 unspecified atom stereocenters. The fourth-order valence-corrected chi connectivity index (χ4v) is 12.8. The maximum atomic E-state index is 7.44. The van der Waals surface area contributed by atoms with E-state index in [4.69, 9.17) is 11.1 Å². The number of allylic oxidation sites excluding steroid dienone is 6. The van der Waals surface area contributed by atoms with Gasteiger partial charge < -0.3 is 0 Å². The third-order valence-corrected chi connectivity index (χ3v) is 12.6. The second-order valence-electron chi connectivity index (χ2n) is 7.73. The molecule has 4 rings (SSSR count). The van der Waals surface area contributed by atoms with E-state index in [0.29, 0.717) is 35.5 Å². The van der Waals surface area contributed by atoms with Crippen molar-refractivity contribution in [1.82, 2.24) is 0 Å². The highest BCUT2D eigenvalue weighted by atomic mass is 35.6. The van der Waals surface area contributed by atoms with E-state index in [-0.39, 0.29) is 0 Å². The van der Waals surface area contributed by atoms with Gasteiger partial charge in [-0.15, -0.1) is 13.2 Å². The Hall–Kier alpha value is -0.533. The standard InChI is InChI=1S/C19H25ClSi/c1-4-12-10-14-6-8-16(12)18(14)21(3,20)19-15-7-9-17(19)13(5-2)11-15/h4-9,12-19H,1-2,10-11H2,3H3. The van der Waals surface area contributed by atoms with Crippen molar-refractivity contribution in [2.24, 2.45) is 35.5 Å². The lowest BCUT2D eigenvalue weighted by atomic mass is 9.94. The zero-order chi connectivity index (χ0) is 14.8. The predicted octanol–water partition coefficient (Wildman–Crippen LogP) is 5.56. The van der Waals surface area contributed by atoms with E-state index in [2.05, 4.69) is 56.2 Å². The average molecular weight is 317 g/mol. The molecule has 0 heterocycles. The molecule has 21 heavy (non-hydrogen) atoms. The smallest absolute Gasteiger partial charge is 0.161 e. The van der Waals surface area contributed by atoms with Gasteiger partial charge in [0.25, 0.3) is 0 Å². The lowest BCUT2D eigenvalue weighted by molar-refractivity contribution is 0.534. The van der Waals surface area contributed by atoms with Crippen molar-refractivity contribution >= 4 is 18.5 Å². The molecule has 0 aromatic rings. The highest BCUT2D eigenvalue weighted by molar-refractivity contribution is 7.21. The van der Waals surface area contributed by atoms with Crippen molar-refractivity contribution in [1.29, 1.82) is 0 Å². The van der Waals surface area contributed by atoms with Crippen LogP contribution < -0.4 is 0 Å². The summed E-state index contributed by atoms with van der Waals surface area (Å²) in [7, 11) is -1.83. The van der Waals surface area contributed by atoms with E-state index in [9.17, 15) is 0 Å². The molecule has 2 saturated carbocycles. The second-order valence-corrected chi connectivity index (χ2v) is 13.8. The maximum Gasteiger partial charge on any atom is 0.161 e. The molecule has 0 aromatic carbocycles. The Morgan fingerprint density at radius 2 is 1.33 bits per heavy atom. The predicted molar refractivity (Wildman–Crippen MR) is 93.8 cm³/mol. The summed E-state index contributed by atoms with van der Waals surface area (Å²) in [4.78, 5) is 0. The molecule has 0 aromatic heterocycles. The Morgan fingerprint density at radius 1 is 0.905 bits per heavy atom. The van der Waals surface area contributed by atoms with Crippen LogP contribution in [-0.4, -0.2) is 7.38 Å². The molecule has 2 fully saturated rings. The second kappa shape index (κ2) is 4.73. The minimum Gasteiger partial charge on any atom is -0.167 e. The Bertz CT molecular complexity index is 486. The Labute approximate surface area is 134 Å². The minimum atomic E-state index is -1.83. The number of hydrogen-bond acceptors (Lipinski definition) is 0. The number of hydrogen-bond donors (Lipinski definition) is 0. The third-order valence-electron chi connectivity index (χ3n) is 6.90. The summed E-state index contributed by atoms with van der Waals surface area (Å²) < 4.78 is 0. The molecule has 4 aliphatic carbocycles. The van der Waals surface area contributed by atoms with E-state index in [1.54, 1.807) is 0 Å². The average Bonchev–Trinajstić information content (AvgIpc) is 3.23. The third kappa shape index (κ3) is 1.80. The lowest BCUT2D eigenvalue weighted by Crippen LogP contribution is -2.41. The molecule has 8 atom stereocenters. The number of rotatable bonds is 4. The summed E-state index contributed by atoms with van der Waals surface area (Å²) in [6.07, 6.45) is 16.7. The first kappa shape index (κ1) is 14.1. The molecule has 4 bridgehead atoms. The van der Waals surface area contributed by atoms with Crippen molar-refractivity contribution in [3.05, 3.63) is 49.6 Å². The summed E-state index contributed by atoms with van der Waals surface area (Å²) >= 11 is 7.44. The fraction of sp³-hybridized carbons (Fsp3) is 0.579. The minimum absolute atomic E-state index is 0.665.